The van der Waals surface area contributed by atoms with Crippen LogP contribution in [0.3, 0.4) is 0 Å². The summed E-state index contributed by atoms with van der Waals surface area (Å²) in [6.07, 6.45) is 7.20. The van der Waals surface area contributed by atoms with E-state index in [0.717, 1.165) is 26.0 Å². The van der Waals surface area contributed by atoms with Crippen molar-refractivity contribution in [1.29, 1.82) is 0 Å². The molecule has 0 saturated carbocycles. The van der Waals surface area contributed by atoms with Gasteiger partial charge in [-0.3, -0.25) is 4.79 Å². The molecule has 0 aromatic heterocycles. The molecule has 0 aliphatic carbocycles. The molecule has 2 unspecified atom stereocenters. The zero-order valence-corrected chi connectivity index (χ0v) is 13.3. The van der Waals surface area contributed by atoms with Crippen LogP contribution in [0.1, 0.15) is 45.4 Å². The third-order valence-corrected chi connectivity index (χ3v) is 4.35. The van der Waals surface area contributed by atoms with E-state index in [4.69, 9.17) is 9.47 Å². The van der Waals surface area contributed by atoms with E-state index >= 15 is 0 Å². The van der Waals surface area contributed by atoms with Crippen molar-refractivity contribution in [2.45, 2.75) is 57.7 Å². The van der Waals surface area contributed by atoms with Gasteiger partial charge in [-0.05, 0) is 45.7 Å². The standard InChI is InChI=1S/C16H30N2O3/c1-14(21-13-15-7-6-12-20-15)16(19)17-8-11-18-9-4-2-3-5-10-18/h14-15H,2-13H2,1H3,(H,17,19). The minimum atomic E-state index is -0.390. The first kappa shape index (κ1) is 16.7. The van der Waals surface area contributed by atoms with Crippen LogP contribution in [0.5, 0.6) is 0 Å². The number of ether oxygens (including phenoxy) is 2. The Bertz CT molecular complexity index is 298. The molecule has 2 aliphatic rings. The minimum absolute atomic E-state index is 0.0113. The molecule has 1 amide bonds. The molecule has 21 heavy (non-hydrogen) atoms. The lowest BCUT2D eigenvalue weighted by atomic mass is 10.2. The van der Waals surface area contributed by atoms with E-state index < -0.39 is 6.10 Å². The molecule has 2 heterocycles. The van der Waals surface area contributed by atoms with Gasteiger partial charge in [-0.25, -0.2) is 0 Å². The molecule has 2 saturated heterocycles. The van der Waals surface area contributed by atoms with Crippen molar-refractivity contribution in [2.75, 3.05) is 39.4 Å². The normalized spacial score (nSPS) is 25.5. The van der Waals surface area contributed by atoms with E-state index in [0.29, 0.717) is 13.2 Å². The Labute approximate surface area is 128 Å². The zero-order valence-electron chi connectivity index (χ0n) is 13.3. The molecule has 2 atom stereocenters. The number of carbonyl (C=O) groups is 1. The molecule has 0 aromatic carbocycles. The third kappa shape index (κ3) is 6.32. The largest absolute Gasteiger partial charge is 0.376 e. The first-order chi connectivity index (χ1) is 10.3. The molecule has 5 heteroatoms. The topological polar surface area (TPSA) is 50.8 Å². The van der Waals surface area contributed by atoms with E-state index in [1.54, 1.807) is 0 Å². The van der Waals surface area contributed by atoms with Gasteiger partial charge in [-0.2, -0.15) is 0 Å². The van der Waals surface area contributed by atoms with Gasteiger partial charge in [0, 0.05) is 19.7 Å². The van der Waals surface area contributed by atoms with E-state index in [-0.39, 0.29) is 12.0 Å². The molecule has 0 bridgehead atoms. The Kier molecular flexibility index (Phi) is 7.47. The summed E-state index contributed by atoms with van der Waals surface area (Å²) < 4.78 is 11.1. The predicted molar refractivity (Wildman–Crippen MR) is 82.3 cm³/mol. The minimum Gasteiger partial charge on any atom is -0.376 e. The molecule has 122 valence electrons. The van der Waals surface area contributed by atoms with Gasteiger partial charge in [0.25, 0.3) is 0 Å². The number of hydrogen-bond acceptors (Lipinski definition) is 4. The van der Waals surface area contributed by atoms with Gasteiger partial charge in [0.05, 0.1) is 12.7 Å². The average molecular weight is 298 g/mol. The lowest BCUT2D eigenvalue weighted by molar-refractivity contribution is -0.133. The quantitative estimate of drug-likeness (QED) is 0.775. The molecule has 5 nitrogen and oxygen atoms in total. The Hall–Kier alpha value is -0.650. The van der Waals surface area contributed by atoms with E-state index in [1.165, 1.54) is 38.8 Å². The molecule has 0 aromatic rings. The summed E-state index contributed by atoms with van der Waals surface area (Å²) in [4.78, 5) is 14.4. The summed E-state index contributed by atoms with van der Waals surface area (Å²) >= 11 is 0. The first-order valence-corrected chi connectivity index (χ1v) is 8.49. The Morgan fingerprint density at radius 2 is 2.05 bits per heavy atom. The second-order valence-corrected chi connectivity index (χ2v) is 6.16. The molecule has 0 spiro atoms. The molecule has 2 rings (SSSR count). The van der Waals surface area contributed by atoms with Crippen LogP contribution < -0.4 is 5.32 Å². The maximum Gasteiger partial charge on any atom is 0.248 e. The Morgan fingerprint density at radius 1 is 1.29 bits per heavy atom. The number of amides is 1. The monoisotopic (exact) mass is 298 g/mol. The molecular weight excluding hydrogens is 268 g/mol. The molecular formula is C16H30N2O3. The smallest absolute Gasteiger partial charge is 0.248 e. The van der Waals surface area contributed by atoms with Gasteiger partial charge in [0.1, 0.15) is 6.10 Å². The highest BCUT2D eigenvalue weighted by Crippen LogP contribution is 2.12. The lowest BCUT2D eigenvalue weighted by Gasteiger charge is -2.21. The van der Waals surface area contributed by atoms with Crippen LogP contribution in [0.4, 0.5) is 0 Å². The number of likely N-dealkylation sites (tertiary alicyclic amines) is 1. The van der Waals surface area contributed by atoms with E-state index in [2.05, 4.69) is 10.2 Å². The van der Waals surface area contributed by atoms with Crippen LogP contribution in [0.2, 0.25) is 0 Å². The van der Waals surface area contributed by atoms with E-state index in [9.17, 15) is 4.79 Å². The fraction of sp³-hybridized carbons (Fsp3) is 0.938. The number of hydrogen-bond donors (Lipinski definition) is 1. The van der Waals surface area contributed by atoms with Crippen molar-refractivity contribution in [3.05, 3.63) is 0 Å². The van der Waals surface area contributed by atoms with Crippen molar-refractivity contribution >= 4 is 5.91 Å². The summed E-state index contributed by atoms with van der Waals surface area (Å²) in [5, 5.41) is 2.98. The number of rotatable bonds is 7. The molecule has 2 aliphatic heterocycles. The number of nitrogens with zero attached hydrogens (tertiary/aromatic N) is 1. The zero-order chi connectivity index (χ0) is 14.9. The maximum atomic E-state index is 12.0. The SMILES string of the molecule is CC(OCC1CCCO1)C(=O)NCCN1CCCCCC1. The number of nitrogens with one attached hydrogen (secondary N) is 1. The third-order valence-electron chi connectivity index (χ3n) is 4.35. The Balaban J connectivity index is 1.55. The Morgan fingerprint density at radius 3 is 2.71 bits per heavy atom. The fourth-order valence-corrected chi connectivity index (χ4v) is 2.94. The van der Waals surface area contributed by atoms with Gasteiger partial charge in [0.15, 0.2) is 0 Å². The van der Waals surface area contributed by atoms with Gasteiger partial charge in [-0.15, -0.1) is 0 Å². The first-order valence-electron chi connectivity index (χ1n) is 8.49. The summed E-state index contributed by atoms with van der Waals surface area (Å²) in [5.74, 6) is -0.0113. The molecule has 0 radical (unpaired) electrons. The van der Waals surface area contributed by atoms with Gasteiger partial charge in [-0.1, -0.05) is 12.8 Å². The van der Waals surface area contributed by atoms with Crippen LogP contribution in [0.25, 0.3) is 0 Å². The van der Waals surface area contributed by atoms with Crippen LogP contribution >= 0.6 is 0 Å². The lowest BCUT2D eigenvalue weighted by Crippen LogP contribution is -2.40. The predicted octanol–water partition coefficient (Wildman–Crippen LogP) is 1.56. The van der Waals surface area contributed by atoms with E-state index in [1.807, 2.05) is 6.92 Å². The van der Waals surface area contributed by atoms with Crippen LogP contribution in [-0.2, 0) is 14.3 Å². The van der Waals surface area contributed by atoms with Crippen LogP contribution in [0, 0.1) is 0 Å². The second kappa shape index (κ2) is 9.38. The van der Waals surface area contributed by atoms with Crippen molar-refractivity contribution in [3.63, 3.8) is 0 Å². The van der Waals surface area contributed by atoms with Gasteiger partial charge in [0.2, 0.25) is 5.91 Å². The highest BCUT2D eigenvalue weighted by atomic mass is 16.5. The van der Waals surface area contributed by atoms with Crippen molar-refractivity contribution in [2.24, 2.45) is 0 Å². The fourth-order valence-electron chi connectivity index (χ4n) is 2.94. The summed E-state index contributed by atoms with van der Waals surface area (Å²) in [6, 6.07) is 0. The highest BCUT2D eigenvalue weighted by Gasteiger charge is 2.19. The van der Waals surface area contributed by atoms with Crippen LogP contribution in [0.15, 0.2) is 0 Å². The number of carbonyl (C=O) groups excluding carboxylic acids is 1. The maximum absolute atomic E-state index is 12.0. The molecule has 2 fully saturated rings. The van der Waals surface area contributed by atoms with Crippen molar-refractivity contribution in [3.8, 4) is 0 Å². The summed E-state index contributed by atoms with van der Waals surface area (Å²) in [5.41, 5.74) is 0. The van der Waals surface area contributed by atoms with Crippen LogP contribution in [-0.4, -0.2) is 62.4 Å². The van der Waals surface area contributed by atoms with Crippen molar-refractivity contribution in [1.82, 2.24) is 10.2 Å². The molecule has 1 N–H and O–H groups in total. The average Bonchev–Trinajstić information content (AvgIpc) is 2.88. The van der Waals surface area contributed by atoms with Gasteiger partial charge < -0.3 is 19.7 Å². The summed E-state index contributed by atoms with van der Waals surface area (Å²) in [6.45, 7) is 7.17. The summed E-state index contributed by atoms with van der Waals surface area (Å²) in [7, 11) is 0. The van der Waals surface area contributed by atoms with Crippen molar-refractivity contribution < 1.29 is 14.3 Å². The van der Waals surface area contributed by atoms with Gasteiger partial charge >= 0.3 is 0 Å². The second-order valence-electron chi connectivity index (χ2n) is 6.16. The highest BCUT2D eigenvalue weighted by molar-refractivity contribution is 5.80.